The maximum atomic E-state index is 10.5. The van der Waals surface area contributed by atoms with Gasteiger partial charge in [0.1, 0.15) is 0 Å². The van der Waals surface area contributed by atoms with Crippen LogP contribution in [0.4, 0.5) is 0 Å². The fraction of sp³-hybridized carbons (Fsp3) is 0.909. The van der Waals surface area contributed by atoms with Crippen LogP contribution in [0.25, 0.3) is 0 Å². The quantitative estimate of drug-likeness (QED) is 0.729. The fourth-order valence-electron chi connectivity index (χ4n) is 2.21. The molecule has 0 bridgehead atoms. The van der Waals surface area contributed by atoms with E-state index in [1.165, 1.54) is 0 Å². The molecule has 4 nitrogen and oxygen atoms in total. The Hall–Kier alpha value is -0.610. The molecular weight excluding hydrogens is 192 g/mol. The van der Waals surface area contributed by atoms with E-state index in [9.17, 15) is 4.79 Å². The van der Waals surface area contributed by atoms with Crippen LogP contribution >= 0.6 is 0 Å². The van der Waals surface area contributed by atoms with Crippen molar-refractivity contribution < 1.29 is 9.90 Å². The summed E-state index contributed by atoms with van der Waals surface area (Å²) in [6.45, 7) is 7.38. The predicted molar refractivity (Wildman–Crippen MR) is 59.9 cm³/mol. The van der Waals surface area contributed by atoms with Gasteiger partial charge in [-0.15, -0.1) is 0 Å². The van der Waals surface area contributed by atoms with Crippen molar-refractivity contribution in [3.05, 3.63) is 0 Å². The van der Waals surface area contributed by atoms with Gasteiger partial charge in [-0.1, -0.05) is 13.8 Å². The Labute approximate surface area is 91.6 Å². The van der Waals surface area contributed by atoms with E-state index in [1.54, 1.807) is 0 Å². The van der Waals surface area contributed by atoms with Crippen molar-refractivity contribution in [1.29, 1.82) is 0 Å². The lowest BCUT2D eigenvalue weighted by Gasteiger charge is -2.30. The van der Waals surface area contributed by atoms with Gasteiger partial charge in [0.25, 0.3) is 0 Å². The fourth-order valence-corrected chi connectivity index (χ4v) is 2.21. The van der Waals surface area contributed by atoms with E-state index < -0.39 is 5.97 Å². The van der Waals surface area contributed by atoms with Gasteiger partial charge in [0.15, 0.2) is 0 Å². The molecule has 1 heterocycles. The van der Waals surface area contributed by atoms with Crippen molar-refractivity contribution in [2.75, 3.05) is 26.7 Å². The number of likely N-dealkylation sites (N-methyl/N-ethyl adjacent to an activating group) is 1. The summed E-state index contributed by atoms with van der Waals surface area (Å²) in [5.41, 5.74) is 0.271. The first-order valence-corrected chi connectivity index (χ1v) is 5.53. The molecule has 1 unspecified atom stereocenters. The average molecular weight is 214 g/mol. The maximum absolute atomic E-state index is 10.5. The van der Waals surface area contributed by atoms with Crippen molar-refractivity contribution in [2.24, 2.45) is 5.41 Å². The lowest BCUT2D eigenvalue weighted by atomic mass is 9.93. The van der Waals surface area contributed by atoms with E-state index in [-0.39, 0.29) is 11.8 Å². The van der Waals surface area contributed by atoms with E-state index in [0.717, 1.165) is 26.1 Å². The molecule has 2 N–H and O–H groups in total. The summed E-state index contributed by atoms with van der Waals surface area (Å²) in [5, 5.41) is 12.1. The van der Waals surface area contributed by atoms with E-state index in [0.29, 0.717) is 6.04 Å². The summed E-state index contributed by atoms with van der Waals surface area (Å²) in [6, 6.07) is 0.350. The Balaban J connectivity index is 2.48. The van der Waals surface area contributed by atoms with Crippen molar-refractivity contribution in [3.8, 4) is 0 Å². The molecule has 4 heteroatoms. The van der Waals surface area contributed by atoms with E-state index in [4.69, 9.17) is 5.11 Å². The lowest BCUT2D eigenvalue weighted by Crippen LogP contribution is -2.38. The van der Waals surface area contributed by atoms with Crippen molar-refractivity contribution in [1.82, 2.24) is 10.2 Å². The SMILES string of the molecule is CN1CC(C)(C)CNCC1CCC(=O)O. The Morgan fingerprint density at radius 1 is 1.60 bits per heavy atom. The van der Waals surface area contributed by atoms with Gasteiger partial charge >= 0.3 is 5.97 Å². The van der Waals surface area contributed by atoms with Crippen LogP contribution in [0.15, 0.2) is 0 Å². The molecule has 0 radical (unpaired) electrons. The first-order valence-electron chi connectivity index (χ1n) is 5.53. The third-order valence-corrected chi connectivity index (χ3v) is 2.98. The first kappa shape index (κ1) is 12.5. The van der Waals surface area contributed by atoms with Gasteiger partial charge in [0.2, 0.25) is 0 Å². The number of aliphatic carboxylic acids is 1. The molecule has 0 aliphatic carbocycles. The van der Waals surface area contributed by atoms with Crippen LogP contribution in [0.3, 0.4) is 0 Å². The summed E-state index contributed by atoms with van der Waals surface area (Å²) in [5.74, 6) is -0.702. The highest BCUT2D eigenvalue weighted by Gasteiger charge is 2.27. The van der Waals surface area contributed by atoms with E-state index in [2.05, 4.69) is 31.1 Å². The summed E-state index contributed by atoms with van der Waals surface area (Å²) in [6.07, 6.45) is 0.992. The molecule has 88 valence electrons. The number of rotatable bonds is 3. The standard InChI is InChI=1S/C11H22N2O2/c1-11(2)7-12-6-9(13(3)8-11)4-5-10(14)15/h9,12H,4-8H2,1-3H3,(H,14,15). The second kappa shape index (κ2) is 4.94. The van der Waals surface area contributed by atoms with Crippen LogP contribution < -0.4 is 5.32 Å². The second-order valence-corrected chi connectivity index (χ2v) is 5.30. The van der Waals surface area contributed by atoms with E-state index >= 15 is 0 Å². The molecule has 0 amide bonds. The molecule has 15 heavy (non-hydrogen) atoms. The topological polar surface area (TPSA) is 52.6 Å². The van der Waals surface area contributed by atoms with Gasteiger partial charge in [-0.05, 0) is 18.9 Å². The number of carboxylic acid groups (broad SMARTS) is 1. The second-order valence-electron chi connectivity index (χ2n) is 5.30. The summed E-state index contributed by atoms with van der Waals surface area (Å²) >= 11 is 0. The molecule has 0 spiro atoms. The van der Waals surface area contributed by atoms with Crippen LogP contribution in [-0.4, -0.2) is 48.7 Å². The van der Waals surface area contributed by atoms with Crippen LogP contribution in [0, 0.1) is 5.41 Å². The molecule has 1 aliphatic rings. The Morgan fingerprint density at radius 2 is 2.27 bits per heavy atom. The highest BCUT2D eigenvalue weighted by molar-refractivity contribution is 5.66. The molecular formula is C11H22N2O2. The van der Waals surface area contributed by atoms with E-state index in [1.807, 2.05) is 0 Å². The summed E-state index contributed by atoms with van der Waals surface area (Å²) in [7, 11) is 2.08. The predicted octanol–water partition coefficient (Wildman–Crippen LogP) is 0.781. The molecule has 0 aromatic heterocycles. The monoisotopic (exact) mass is 214 g/mol. The number of carbonyl (C=O) groups is 1. The number of hydrogen-bond donors (Lipinski definition) is 2. The van der Waals surface area contributed by atoms with Crippen LogP contribution in [-0.2, 0) is 4.79 Å². The molecule has 1 aliphatic heterocycles. The molecule has 0 aromatic rings. The molecule has 1 atom stereocenters. The van der Waals surface area contributed by atoms with Crippen LogP contribution in [0.2, 0.25) is 0 Å². The molecule has 1 fully saturated rings. The number of nitrogens with zero attached hydrogens (tertiary/aromatic N) is 1. The van der Waals surface area contributed by atoms with Crippen LogP contribution in [0.5, 0.6) is 0 Å². The lowest BCUT2D eigenvalue weighted by molar-refractivity contribution is -0.137. The summed E-state index contributed by atoms with van der Waals surface area (Å²) in [4.78, 5) is 12.8. The Kier molecular flexibility index (Phi) is 4.11. The third kappa shape index (κ3) is 4.18. The van der Waals surface area contributed by atoms with Gasteiger partial charge in [-0.3, -0.25) is 4.79 Å². The summed E-state index contributed by atoms with van der Waals surface area (Å²) < 4.78 is 0. The minimum Gasteiger partial charge on any atom is -0.481 e. The van der Waals surface area contributed by atoms with Gasteiger partial charge in [0, 0.05) is 32.1 Å². The first-order chi connectivity index (χ1) is 6.91. The van der Waals surface area contributed by atoms with Gasteiger partial charge in [-0.2, -0.15) is 0 Å². The van der Waals surface area contributed by atoms with Gasteiger partial charge in [-0.25, -0.2) is 0 Å². The molecule has 1 saturated heterocycles. The largest absolute Gasteiger partial charge is 0.481 e. The smallest absolute Gasteiger partial charge is 0.303 e. The van der Waals surface area contributed by atoms with Gasteiger partial charge < -0.3 is 15.3 Å². The Bertz CT molecular complexity index is 229. The minimum atomic E-state index is -0.702. The van der Waals surface area contributed by atoms with Crippen molar-refractivity contribution in [2.45, 2.75) is 32.7 Å². The van der Waals surface area contributed by atoms with Crippen LogP contribution in [0.1, 0.15) is 26.7 Å². The zero-order chi connectivity index (χ0) is 11.5. The van der Waals surface area contributed by atoms with Gasteiger partial charge in [0.05, 0.1) is 0 Å². The number of hydrogen-bond acceptors (Lipinski definition) is 3. The van der Waals surface area contributed by atoms with Crippen molar-refractivity contribution in [3.63, 3.8) is 0 Å². The average Bonchev–Trinajstić information content (AvgIpc) is 2.20. The Morgan fingerprint density at radius 3 is 2.87 bits per heavy atom. The highest BCUT2D eigenvalue weighted by atomic mass is 16.4. The van der Waals surface area contributed by atoms with Crippen molar-refractivity contribution >= 4 is 5.97 Å². The minimum absolute atomic E-state index is 0.261. The molecule has 0 saturated carbocycles. The number of carboxylic acids is 1. The third-order valence-electron chi connectivity index (χ3n) is 2.98. The number of nitrogens with one attached hydrogen (secondary N) is 1. The maximum Gasteiger partial charge on any atom is 0.303 e. The highest BCUT2D eigenvalue weighted by Crippen LogP contribution is 2.20. The molecule has 0 aromatic carbocycles. The normalized spacial score (nSPS) is 27.3. The molecule has 1 rings (SSSR count). The zero-order valence-corrected chi connectivity index (χ0v) is 9.92. The zero-order valence-electron chi connectivity index (χ0n) is 9.92.